The van der Waals surface area contributed by atoms with Crippen molar-refractivity contribution >= 4 is 23.0 Å². The lowest BCUT2D eigenvalue weighted by atomic mass is 10.1. The lowest BCUT2D eigenvalue weighted by molar-refractivity contribution is 0.611. The molecule has 0 bridgehead atoms. The Balaban J connectivity index is 1.97. The Morgan fingerprint density at radius 2 is 1.77 bits per heavy atom. The minimum atomic E-state index is 0.618. The maximum atomic E-state index is 8.06. The number of unbranched alkanes of at least 4 members (excludes halogenated alkanes) is 4. The van der Waals surface area contributed by atoms with Gasteiger partial charge in [0.15, 0.2) is 0 Å². The van der Waals surface area contributed by atoms with Gasteiger partial charge in [0.25, 0.3) is 0 Å². The molecule has 0 radical (unpaired) electrons. The van der Waals surface area contributed by atoms with Crippen molar-refractivity contribution in [2.75, 3.05) is 18.0 Å². The molecule has 0 saturated carbocycles. The van der Waals surface area contributed by atoms with Crippen molar-refractivity contribution in [2.45, 2.75) is 65.2 Å². The fraction of sp³-hybridized carbons (Fsp3) is 0.600. The summed E-state index contributed by atoms with van der Waals surface area (Å²) in [4.78, 5) is 15.8. The molecule has 5 nitrogen and oxygen atoms in total. The van der Waals surface area contributed by atoms with Gasteiger partial charge in [-0.25, -0.2) is 15.0 Å². The van der Waals surface area contributed by atoms with Crippen LogP contribution in [-0.4, -0.2) is 33.8 Å². The first-order valence-corrected chi connectivity index (χ1v) is 10.7. The van der Waals surface area contributed by atoms with E-state index in [1.54, 1.807) is 23.7 Å². The minimum Gasteiger partial charge on any atom is -0.340 e. The maximum Gasteiger partial charge on any atom is 0.225 e. The van der Waals surface area contributed by atoms with Gasteiger partial charge >= 0.3 is 0 Å². The number of anilines is 1. The molecule has 0 aliphatic heterocycles. The topological polar surface area (TPSA) is 65.8 Å². The van der Waals surface area contributed by atoms with Gasteiger partial charge in [0, 0.05) is 48.6 Å². The molecule has 0 aliphatic rings. The summed E-state index contributed by atoms with van der Waals surface area (Å²) in [6.45, 7) is 6.18. The SMILES string of the molecule is CCCCCCCN(CCc1cscn1)c1ncc(C(=N)CCC)cn1. The van der Waals surface area contributed by atoms with Crippen LogP contribution in [0.1, 0.15) is 70.1 Å². The third-order valence-corrected chi connectivity index (χ3v) is 5.06. The van der Waals surface area contributed by atoms with Crippen molar-refractivity contribution in [1.82, 2.24) is 15.0 Å². The molecular formula is C20H31N5S. The van der Waals surface area contributed by atoms with Gasteiger partial charge in [-0.05, 0) is 12.8 Å². The predicted molar refractivity (Wildman–Crippen MR) is 111 cm³/mol. The Bertz CT molecular complexity index is 624. The lowest BCUT2D eigenvalue weighted by Gasteiger charge is -2.22. The average molecular weight is 374 g/mol. The highest BCUT2D eigenvalue weighted by Gasteiger charge is 2.11. The van der Waals surface area contributed by atoms with Crippen molar-refractivity contribution in [3.63, 3.8) is 0 Å². The summed E-state index contributed by atoms with van der Waals surface area (Å²) in [7, 11) is 0. The molecule has 2 rings (SSSR count). The van der Waals surface area contributed by atoms with Gasteiger partial charge < -0.3 is 10.3 Å². The second-order valence-corrected chi connectivity index (χ2v) is 7.35. The summed E-state index contributed by atoms with van der Waals surface area (Å²) in [6, 6.07) is 0. The van der Waals surface area contributed by atoms with Gasteiger partial charge in [0.1, 0.15) is 0 Å². The summed E-state index contributed by atoms with van der Waals surface area (Å²) >= 11 is 1.64. The number of hydrogen-bond donors (Lipinski definition) is 1. The van der Waals surface area contributed by atoms with Gasteiger partial charge in [-0.2, -0.15) is 0 Å². The smallest absolute Gasteiger partial charge is 0.225 e. The van der Waals surface area contributed by atoms with Crippen molar-refractivity contribution in [3.8, 4) is 0 Å². The largest absolute Gasteiger partial charge is 0.340 e. The van der Waals surface area contributed by atoms with Crippen LogP contribution in [0.15, 0.2) is 23.3 Å². The highest BCUT2D eigenvalue weighted by atomic mass is 32.1. The Morgan fingerprint density at radius 1 is 1.00 bits per heavy atom. The Kier molecular flexibility index (Phi) is 9.24. The Labute approximate surface area is 161 Å². The van der Waals surface area contributed by atoms with E-state index >= 15 is 0 Å². The van der Waals surface area contributed by atoms with E-state index in [1.165, 1.54) is 25.7 Å². The summed E-state index contributed by atoms with van der Waals surface area (Å²) < 4.78 is 0. The van der Waals surface area contributed by atoms with Crippen LogP contribution >= 0.6 is 11.3 Å². The van der Waals surface area contributed by atoms with Gasteiger partial charge in [0.05, 0.1) is 11.2 Å². The van der Waals surface area contributed by atoms with Crippen molar-refractivity contribution in [1.29, 1.82) is 5.41 Å². The zero-order valence-corrected chi connectivity index (χ0v) is 16.9. The Hall–Kier alpha value is -1.82. The molecular weight excluding hydrogens is 342 g/mol. The fourth-order valence-corrected chi connectivity index (χ4v) is 3.46. The molecule has 2 aromatic rings. The van der Waals surface area contributed by atoms with Gasteiger partial charge in [-0.1, -0.05) is 46.0 Å². The zero-order chi connectivity index (χ0) is 18.6. The van der Waals surface area contributed by atoms with Gasteiger partial charge in [0.2, 0.25) is 5.95 Å². The molecule has 26 heavy (non-hydrogen) atoms. The van der Waals surface area contributed by atoms with E-state index in [4.69, 9.17) is 5.41 Å². The van der Waals surface area contributed by atoms with Crippen LogP contribution in [0.5, 0.6) is 0 Å². The van der Waals surface area contributed by atoms with Crippen molar-refractivity contribution in [2.24, 2.45) is 0 Å². The molecule has 0 unspecified atom stereocenters. The summed E-state index contributed by atoms with van der Waals surface area (Å²) in [6.07, 6.45) is 12.5. The monoisotopic (exact) mass is 373 g/mol. The average Bonchev–Trinajstić information content (AvgIpc) is 3.18. The van der Waals surface area contributed by atoms with Crippen molar-refractivity contribution in [3.05, 3.63) is 34.5 Å². The number of aromatic nitrogens is 3. The number of hydrogen-bond acceptors (Lipinski definition) is 6. The standard InChI is InChI=1S/C20H31N5S/c1-3-5-6-7-8-11-25(12-10-18-15-26-16-24-18)20-22-13-17(14-23-20)19(21)9-4-2/h13-16,21H,3-12H2,1-2H3. The van der Waals surface area contributed by atoms with Gasteiger partial charge in [-0.15, -0.1) is 11.3 Å². The first kappa shape index (κ1) is 20.5. The highest BCUT2D eigenvalue weighted by Crippen LogP contribution is 2.13. The van der Waals surface area contributed by atoms with Crippen LogP contribution in [0.3, 0.4) is 0 Å². The van der Waals surface area contributed by atoms with E-state index in [9.17, 15) is 0 Å². The predicted octanol–water partition coefficient (Wildman–Crippen LogP) is 5.12. The van der Waals surface area contributed by atoms with E-state index in [2.05, 4.69) is 39.1 Å². The molecule has 0 amide bonds. The van der Waals surface area contributed by atoms with Crippen LogP contribution in [-0.2, 0) is 6.42 Å². The van der Waals surface area contributed by atoms with E-state index in [1.807, 2.05) is 5.51 Å². The van der Waals surface area contributed by atoms with E-state index < -0.39 is 0 Å². The normalized spacial score (nSPS) is 10.8. The molecule has 2 aromatic heterocycles. The fourth-order valence-electron chi connectivity index (χ4n) is 2.86. The highest BCUT2D eigenvalue weighted by molar-refractivity contribution is 7.07. The third-order valence-electron chi connectivity index (χ3n) is 4.42. The number of nitrogens with zero attached hydrogens (tertiary/aromatic N) is 4. The van der Waals surface area contributed by atoms with Crippen LogP contribution in [0.2, 0.25) is 0 Å². The van der Waals surface area contributed by atoms with Crippen LogP contribution in [0, 0.1) is 5.41 Å². The molecule has 0 aliphatic carbocycles. The van der Waals surface area contributed by atoms with Gasteiger partial charge in [-0.3, -0.25) is 0 Å². The summed E-state index contributed by atoms with van der Waals surface area (Å²) in [5.41, 5.74) is 4.47. The number of rotatable bonds is 13. The molecule has 0 atom stereocenters. The molecule has 0 fully saturated rings. The first-order chi connectivity index (χ1) is 12.7. The molecule has 0 aromatic carbocycles. The maximum absolute atomic E-state index is 8.06. The number of thiazole rings is 1. The van der Waals surface area contributed by atoms with Crippen LogP contribution < -0.4 is 4.90 Å². The molecule has 0 spiro atoms. The quantitative estimate of drug-likeness (QED) is 0.391. The molecule has 0 saturated heterocycles. The first-order valence-electron chi connectivity index (χ1n) is 9.76. The second-order valence-electron chi connectivity index (χ2n) is 6.63. The second kappa shape index (κ2) is 11.7. The summed E-state index contributed by atoms with van der Waals surface area (Å²) in [5.74, 6) is 0.767. The molecule has 2 heterocycles. The number of nitrogens with one attached hydrogen (secondary N) is 1. The Morgan fingerprint density at radius 3 is 2.42 bits per heavy atom. The lowest BCUT2D eigenvalue weighted by Crippen LogP contribution is -2.29. The molecule has 6 heteroatoms. The minimum absolute atomic E-state index is 0.618. The third kappa shape index (κ3) is 6.83. The molecule has 1 N–H and O–H groups in total. The van der Waals surface area contributed by atoms with Crippen LogP contribution in [0.25, 0.3) is 0 Å². The van der Waals surface area contributed by atoms with Crippen molar-refractivity contribution < 1.29 is 0 Å². The van der Waals surface area contributed by atoms with E-state index in [0.717, 1.165) is 56.0 Å². The summed E-state index contributed by atoms with van der Waals surface area (Å²) in [5, 5.41) is 10.2. The van der Waals surface area contributed by atoms with E-state index in [0.29, 0.717) is 5.71 Å². The van der Waals surface area contributed by atoms with E-state index in [-0.39, 0.29) is 0 Å². The van der Waals surface area contributed by atoms with Crippen LogP contribution in [0.4, 0.5) is 5.95 Å². The molecule has 142 valence electrons. The zero-order valence-electron chi connectivity index (χ0n) is 16.1.